The Kier molecular flexibility index (Phi) is 3.59. The molecule has 2 heterocycles. The van der Waals surface area contributed by atoms with Gasteiger partial charge in [0.1, 0.15) is 0 Å². The summed E-state index contributed by atoms with van der Waals surface area (Å²) in [7, 11) is -3.41. The highest BCUT2D eigenvalue weighted by Crippen LogP contribution is 2.26. The van der Waals surface area contributed by atoms with Crippen molar-refractivity contribution in [1.82, 2.24) is 4.90 Å². The summed E-state index contributed by atoms with van der Waals surface area (Å²) in [4.78, 5) is 15.8. The Morgan fingerprint density at radius 2 is 2.00 bits per heavy atom. The predicted molar refractivity (Wildman–Crippen MR) is 82.3 cm³/mol. The van der Waals surface area contributed by atoms with Crippen LogP contribution in [0.1, 0.15) is 20.8 Å². The molecule has 0 fully saturated rings. The van der Waals surface area contributed by atoms with Crippen LogP contribution in [0.2, 0.25) is 0 Å². The van der Waals surface area contributed by atoms with Gasteiger partial charge in [-0.2, -0.15) is 0 Å². The monoisotopic (exact) mass is 321 g/mol. The van der Waals surface area contributed by atoms with Crippen LogP contribution >= 0.6 is 11.3 Å². The highest BCUT2D eigenvalue weighted by Gasteiger charge is 2.26. The zero-order chi connectivity index (χ0) is 15.0. The summed E-state index contributed by atoms with van der Waals surface area (Å²) < 4.78 is 23.7. The third-order valence-electron chi connectivity index (χ3n) is 3.61. The highest BCUT2D eigenvalue weighted by molar-refractivity contribution is 7.90. The SMILES string of the molecule is CS(=O)(=O)c1ccccc1C(=O)N1CCc2sccc2C1. The van der Waals surface area contributed by atoms with Crippen LogP contribution in [0.15, 0.2) is 40.6 Å². The molecular formula is C15H15NO3S2. The second kappa shape index (κ2) is 5.27. The minimum Gasteiger partial charge on any atom is -0.334 e. The maximum absolute atomic E-state index is 12.7. The molecule has 0 N–H and O–H groups in total. The lowest BCUT2D eigenvalue weighted by atomic mass is 10.1. The van der Waals surface area contributed by atoms with Crippen LogP contribution in [-0.2, 0) is 22.8 Å². The number of fused-ring (bicyclic) bond motifs is 1. The first-order valence-electron chi connectivity index (χ1n) is 6.60. The number of amides is 1. The lowest BCUT2D eigenvalue weighted by Crippen LogP contribution is -2.36. The van der Waals surface area contributed by atoms with Crippen LogP contribution in [0.4, 0.5) is 0 Å². The number of nitrogens with zero attached hydrogens (tertiary/aromatic N) is 1. The van der Waals surface area contributed by atoms with Gasteiger partial charge in [0, 0.05) is 24.2 Å². The second-order valence-electron chi connectivity index (χ2n) is 5.11. The van der Waals surface area contributed by atoms with E-state index in [1.165, 1.54) is 10.9 Å². The van der Waals surface area contributed by atoms with Crippen LogP contribution < -0.4 is 0 Å². The summed E-state index contributed by atoms with van der Waals surface area (Å²) >= 11 is 1.71. The summed E-state index contributed by atoms with van der Waals surface area (Å²) in [6, 6.07) is 8.44. The molecule has 0 unspecified atom stereocenters. The average molecular weight is 321 g/mol. The summed E-state index contributed by atoms with van der Waals surface area (Å²) in [6.45, 7) is 1.18. The van der Waals surface area contributed by atoms with Crippen LogP contribution in [0.25, 0.3) is 0 Å². The molecule has 0 aliphatic carbocycles. The van der Waals surface area contributed by atoms with Crippen molar-refractivity contribution in [2.45, 2.75) is 17.9 Å². The molecular weight excluding hydrogens is 306 g/mol. The molecule has 0 atom stereocenters. The molecule has 1 amide bonds. The molecule has 0 bridgehead atoms. The van der Waals surface area contributed by atoms with E-state index in [-0.39, 0.29) is 16.4 Å². The molecule has 0 radical (unpaired) electrons. The molecule has 0 saturated heterocycles. The number of carbonyl (C=O) groups excluding carboxylic acids is 1. The van der Waals surface area contributed by atoms with E-state index in [2.05, 4.69) is 0 Å². The lowest BCUT2D eigenvalue weighted by Gasteiger charge is -2.27. The maximum Gasteiger partial charge on any atom is 0.255 e. The first kappa shape index (κ1) is 14.3. The number of carbonyl (C=O) groups is 1. The van der Waals surface area contributed by atoms with E-state index in [1.54, 1.807) is 34.4 Å². The van der Waals surface area contributed by atoms with E-state index in [4.69, 9.17) is 0 Å². The molecule has 4 nitrogen and oxygen atoms in total. The minimum absolute atomic E-state index is 0.103. The molecule has 1 aromatic heterocycles. The topological polar surface area (TPSA) is 54.5 Å². The Bertz CT molecular complexity index is 793. The molecule has 1 aliphatic rings. The third kappa shape index (κ3) is 2.73. The van der Waals surface area contributed by atoms with Crippen molar-refractivity contribution in [2.24, 2.45) is 0 Å². The number of benzene rings is 1. The number of hydrogen-bond donors (Lipinski definition) is 0. The van der Waals surface area contributed by atoms with E-state index >= 15 is 0 Å². The Morgan fingerprint density at radius 3 is 2.76 bits per heavy atom. The Morgan fingerprint density at radius 1 is 1.24 bits per heavy atom. The number of thiophene rings is 1. The van der Waals surface area contributed by atoms with Crippen molar-refractivity contribution >= 4 is 27.1 Å². The average Bonchev–Trinajstić information content (AvgIpc) is 2.93. The van der Waals surface area contributed by atoms with Gasteiger partial charge < -0.3 is 4.90 Å². The summed E-state index contributed by atoms with van der Waals surface area (Å²) in [6.07, 6.45) is 1.96. The number of rotatable bonds is 2. The molecule has 21 heavy (non-hydrogen) atoms. The fourth-order valence-electron chi connectivity index (χ4n) is 2.56. The van der Waals surface area contributed by atoms with Gasteiger partial charge in [0.15, 0.2) is 9.84 Å². The molecule has 110 valence electrons. The van der Waals surface area contributed by atoms with Crippen LogP contribution in [-0.4, -0.2) is 32.0 Å². The second-order valence-corrected chi connectivity index (χ2v) is 8.10. The predicted octanol–water partition coefficient (Wildman–Crippen LogP) is 2.35. The molecule has 0 saturated carbocycles. The zero-order valence-corrected chi connectivity index (χ0v) is 13.2. The number of hydrogen-bond acceptors (Lipinski definition) is 4. The Hall–Kier alpha value is -1.66. The van der Waals surface area contributed by atoms with Crippen LogP contribution in [0, 0.1) is 0 Å². The summed E-state index contributed by atoms with van der Waals surface area (Å²) in [5.74, 6) is -0.215. The van der Waals surface area contributed by atoms with Gasteiger partial charge in [0.05, 0.1) is 10.5 Å². The van der Waals surface area contributed by atoms with Crippen molar-refractivity contribution in [3.05, 3.63) is 51.7 Å². The molecule has 6 heteroatoms. The first-order valence-corrected chi connectivity index (χ1v) is 9.37. The van der Waals surface area contributed by atoms with Crippen molar-refractivity contribution in [2.75, 3.05) is 12.8 Å². The Labute approximate surface area is 127 Å². The van der Waals surface area contributed by atoms with Gasteiger partial charge in [-0.05, 0) is 35.6 Å². The molecule has 1 aliphatic heterocycles. The maximum atomic E-state index is 12.7. The first-order chi connectivity index (χ1) is 9.97. The minimum atomic E-state index is -3.41. The van der Waals surface area contributed by atoms with Crippen LogP contribution in [0.3, 0.4) is 0 Å². The van der Waals surface area contributed by atoms with Gasteiger partial charge in [-0.3, -0.25) is 4.79 Å². The normalized spacial score (nSPS) is 14.8. The van der Waals surface area contributed by atoms with Crippen molar-refractivity contribution in [1.29, 1.82) is 0 Å². The fraction of sp³-hybridized carbons (Fsp3) is 0.267. The van der Waals surface area contributed by atoms with Gasteiger partial charge in [-0.25, -0.2) is 8.42 Å². The Balaban J connectivity index is 1.94. The van der Waals surface area contributed by atoms with Gasteiger partial charge in [0.2, 0.25) is 0 Å². The van der Waals surface area contributed by atoms with E-state index in [1.807, 2.05) is 11.4 Å². The van der Waals surface area contributed by atoms with E-state index in [0.717, 1.165) is 18.2 Å². The molecule has 0 spiro atoms. The molecule has 2 aromatic rings. The molecule has 3 rings (SSSR count). The van der Waals surface area contributed by atoms with E-state index in [0.29, 0.717) is 13.1 Å². The fourth-order valence-corrected chi connectivity index (χ4v) is 4.33. The third-order valence-corrected chi connectivity index (χ3v) is 5.79. The largest absolute Gasteiger partial charge is 0.334 e. The van der Waals surface area contributed by atoms with Crippen molar-refractivity contribution in [3.8, 4) is 0 Å². The van der Waals surface area contributed by atoms with Crippen molar-refractivity contribution in [3.63, 3.8) is 0 Å². The smallest absolute Gasteiger partial charge is 0.255 e. The lowest BCUT2D eigenvalue weighted by molar-refractivity contribution is 0.0732. The van der Waals surface area contributed by atoms with Crippen molar-refractivity contribution < 1.29 is 13.2 Å². The summed E-state index contributed by atoms with van der Waals surface area (Å²) in [5, 5.41) is 2.03. The van der Waals surface area contributed by atoms with Gasteiger partial charge in [-0.15, -0.1) is 11.3 Å². The van der Waals surface area contributed by atoms with Crippen LogP contribution in [0.5, 0.6) is 0 Å². The van der Waals surface area contributed by atoms with Gasteiger partial charge in [0.25, 0.3) is 5.91 Å². The van der Waals surface area contributed by atoms with Gasteiger partial charge >= 0.3 is 0 Å². The zero-order valence-electron chi connectivity index (χ0n) is 11.6. The standard InChI is InChI=1S/C15H15NO3S2/c1-21(18,19)14-5-3-2-4-12(14)15(17)16-8-6-13-11(10-16)7-9-20-13/h2-5,7,9H,6,8,10H2,1H3. The molecule has 1 aromatic carbocycles. The van der Waals surface area contributed by atoms with Gasteiger partial charge in [-0.1, -0.05) is 12.1 Å². The number of sulfone groups is 1. The summed E-state index contributed by atoms with van der Waals surface area (Å²) in [5.41, 5.74) is 1.43. The van der Waals surface area contributed by atoms with E-state index in [9.17, 15) is 13.2 Å². The quantitative estimate of drug-likeness (QED) is 0.853. The van der Waals surface area contributed by atoms with E-state index < -0.39 is 9.84 Å². The highest BCUT2D eigenvalue weighted by atomic mass is 32.2.